The molecule has 0 atom stereocenters. The molecular formula is C19H15FN4O2. The molecule has 2 heterocycles. The van der Waals surface area contributed by atoms with Gasteiger partial charge in [-0.3, -0.25) is 9.48 Å². The summed E-state index contributed by atoms with van der Waals surface area (Å²) in [5, 5.41) is 11.6. The summed E-state index contributed by atoms with van der Waals surface area (Å²) in [4.78, 5) is 12.2. The van der Waals surface area contributed by atoms with Crippen LogP contribution in [0.4, 0.5) is 10.2 Å². The monoisotopic (exact) mass is 350 g/mol. The Hall–Kier alpha value is -3.48. The molecule has 4 rings (SSSR count). The number of nitrogens with zero attached hydrogens (tertiary/aromatic N) is 3. The number of alkyl halides is 1. The predicted octanol–water partition coefficient (Wildman–Crippen LogP) is 3.79. The highest BCUT2D eigenvalue weighted by atomic mass is 19.1. The van der Waals surface area contributed by atoms with Crippen LogP contribution in [-0.4, -0.2) is 20.8 Å². The molecule has 2 aromatic carbocycles. The Morgan fingerprint density at radius 2 is 1.85 bits per heavy atom. The van der Waals surface area contributed by atoms with Crippen molar-refractivity contribution in [1.82, 2.24) is 14.9 Å². The summed E-state index contributed by atoms with van der Waals surface area (Å²) in [6.07, 6.45) is 1.41. The summed E-state index contributed by atoms with van der Waals surface area (Å²) in [6.45, 7) is 0.0219. The zero-order valence-corrected chi connectivity index (χ0v) is 13.7. The van der Waals surface area contributed by atoms with E-state index >= 15 is 0 Å². The molecule has 6 nitrogen and oxygen atoms in total. The second-order valence-electron chi connectivity index (χ2n) is 5.80. The van der Waals surface area contributed by atoms with Crippen molar-refractivity contribution in [2.24, 2.45) is 0 Å². The minimum Gasteiger partial charge on any atom is -0.351 e. The highest BCUT2D eigenvalue weighted by Gasteiger charge is 2.16. The number of para-hydroxylation sites is 1. The molecule has 0 aliphatic carbocycles. The maximum atomic E-state index is 12.7. The number of carbonyl (C=O) groups excluding carboxylic acids is 1. The van der Waals surface area contributed by atoms with E-state index in [1.807, 2.05) is 36.4 Å². The summed E-state index contributed by atoms with van der Waals surface area (Å²) < 4.78 is 19.3. The van der Waals surface area contributed by atoms with Crippen molar-refractivity contribution < 1.29 is 13.7 Å². The van der Waals surface area contributed by atoms with E-state index in [0.717, 1.165) is 16.5 Å². The van der Waals surface area contributed by atoms with Crippen molar-refractivity contribution >= 4 is 22.6 Å². The van der Waals surface area contributed by atoms with Gasteiger partial charge in [-0.05, 0) is 23.3 Å². The van der Waals surface area contributed by atoms with Gasteiger partial charge in [0.05, 0.1) is 18.3 Å². The van der Waals surface area contributed by atoms with Gasteiger partial charge < -0.3 is 9.84 Å². The lowest BCUT2D eigenvalue weighted by molar-refractivity contribution is 0.0987. The predicted molar refractivity (Wildman–Crippen MR) is 94.5 cm³/mol. The van der Waals surface area contributed by atoms with Crippen molar-refractivity contribution in [2.75, 3.05) is 5.32 Å². The number of rotatable bonds is 5. The molecule has 4 aromatic rings. The maximum Gasteiger partial charge on any atom is 0.295 e. The van der Waals surface area contributed by atoms with Gasteiger partial charge in [-0.15, -0.1) is 0 Å². The number of anilines is 1. The first-order valence-corrected chi connectivity index (χ1v) is 8.06. The lowest BCUT2D eigenvalue weighted by Gasteiger charge is -2.04. The average molecular weight is 350 g/mol. The molecule has 7 heteroatoms. The van der Waals surface area contributed by atoms with Crippen LogP contribution in [0.1, 0.15) is 21.7 Å². The number of aromatic nitrogens is 3. The molecule has 26 heavy (non-hydrogen) atoms. The first kappa shape index (κ1) is 16.0. The van der Waals surface area contributed by atoms with Crippen LogP contribution in [0.2, 0.25) is 0 Å². The van der Waals surface area contributed by atoms with E-state index in [4.69, 9.17) is 4.52 Å². The van der Waals surface area contributed by atoms with Crippen molar-refractivity contribution in [2.45, 2.75) is 13.2 Å². The Morgan fingerprint density at radius 3 is 2.58 bits per heavy atom. The lowest BCUT2D eigenvalue weighted by Crippen LogP contribution is -2.12. The molecule has 130 valence electrons. The van der Waals surface area contributed by atoms with Crippen LogP contribution >= 0.6 is 0 Å². The van der Waals surface area contributed by atoms with Gasteiger partial charge in [-0.25, -0.2) is 4.39 Å². The zero-order chi connectivity index (χ0) is 17.9. The molecule has 0 aliphatic rings. The lowest BCUT2D eigenvalue weighted by atomic mass is 10.1. The molecule has 0 spiro atoms. The first-order valence-electron chi connectivity index (χ1n) is 8.06. The van der Waals surface area contributed by atoms with Crippen molar-refractivity contribution in [3.05, 3.63) is 77.7 Å². The molecule has 0 aliphatic heterocycles. The summed E-state index contributed by atoms with van der Waals surface area (Å²) in [7, 11) is 0. The molecule has 0 bridgehead atoms. The van der Waals surface area contributed by atoms with Gasteiger partial charge in [0.25, 0.3) is 5.91 Å². The minimum absolute atomic E-state index is 0.116. The number of benzene rings is 2. The fourth-order valence-corrected chi connectivity index (χ4v) is 2.75. The summed E-state index contributed by atoms with van der Waals surface area (Å²) in [5.41, 5.74) is 2.51. The van der Waals surface area contributed by atoms with Gasteiger partial charge in [0.1, 0.15) is 6.67 Å². The molecular weight excluding hydrogens is 335 g/mol. The Balaban J connectivity index is 1.66. The molecule has 1 N–H and O–H groups in total. The van der Waals surface area contributed by atoms with Gasteiger partial charge in [0.2, 0.25) is 5.76 Å². The molecule has 0 fully saturated rings. The Labute approximate surface area is 148 Å². The van der Waals surface area contributed by atoms with Crippen LogP contribution in [-0.2, 0) is 13.2 Å². The summed E-state index contributed by atoms with van der Waals surface area (Å²) >= 11 is 0. The molecule has 0 radical (unpaired) electrons. The minimum atomic E-state index is -0.483. The number of hydrogen-bond donors (Lipinski definition) is 1. The van der Waals surface area contributed by atoms with Crippen LogP contribution in [0, 0.1) is 0 Å². The van der Waals surface area contributed by atoms with Gasteiger partial charge in [0.15, 0.2) is 5.82 Å². The topological polar surface area (TPSA) is 73.0 Å². The third kappa shape index (κ3) is 3.06. The number of amides is 1. The first-order chi connectivity index (χ1) is 12.7. The molecule has 0 saturated heterocycles. The van der Waals surface area contributed by atoms with Crippen molar-refractivity contribution in [3.63, 3.8) is 0 Å². The van der Waals surface area contributed by atoms with Crippen LogP contribution in [0.5, 0.6) is 0 Å². The fraction of sp³-hybridized carbons (Fsp3) is 0.105. The number of halogens is 1. The van der Waals surface area contributed by atoms with E-state index in [1.54, 1.807) is 16.8 Å². The number of hydrogen-bond acceptors (Lipinski definition) is 4. The Morgan fingerprint density at radius 1 is 1.08 bits per heavy atom. The third-order valence-electron chi connectivity index (χ3n) is 4.06. The maximum absolute atomic E-state index is 12.7. The zero-order valence-electron chi connectivity index (χ0n) is 13.7. The van der Waals surface area contributed by atoms with Crippen molar-refractivity contribution in [3.8, 4) is 0 Å². The second kappa shape index (κ2) is 6.79. The van der Waals surface area contributed by atoms with Crippen LogP contribution in [0.15, 0.2) is 65.3 Å². The Kier molecular flexibility index (Phi) is 4.18. The second-order valence-corrected chi connectivity index (χ2v) is 5.80. The highest BCUT2D eigenvalue weighted by Crippen LogP contribution is 2.24. The smallest absolute Gasteiger partial charge is 0.295 e. The number of nitrogens with one attached hydrogen (secondary N) is 1. The van der Waals surface area contributed by atoms with Crippen molar-refractivity contribution in [1.29, 1.82) is 0 Å². The van der Waals surface area contributed by atoms with Gasteiger partial charge in [-0.1, -0.05) is 41.6 Å². The molecule has 0 saturated carbocycles. The van der Waals surface area contributed by atoms with E-state index < -0.39 is 12.6 Å². The normalized spacial score (nSPS) is 11.0. The highest BCUT2D eigenvalue weighted by molar-refractivity contribution is 6.06. The molecule has 0 unspecified atom stereocenters. The number of fused-ring (bicyclic) bond motifs is 1. The van der Waals surface area contributed by atoms with Crippen LogP contribution in [0.3, 0.4) is 0 Å². The third-order valence-corrected chi connectivity index (χ3v) is 4.06. The fourth-order valence-electron chi connectivity index (χ4n) is 2.75. The SMILES string of the molecule is O=C(Nc1nn(Cc2ccc(CF)cc2)c2ccccc12)c1ccno1. The van der Waals surface area contributed by atoms with Gasteiger partial charge in [-0.2, -0.15) is 5.10 Å². The van der Waals surface area contributed by atoms with Crippen LogP contribution < -0.4 is 5.32 Å². The van der Waals surface area contributed by atoms with E-state index in [2.05, 4.69) is 15.6 Å². The summed E-state index contributed by atoms with van der Waals surface area (Å²) in [6, 6.07) is 16.4. The van der Waals surface area contributed by atoms with E-state index in [-0.39, 0.29) is 5.76 Å². The summed E-state index contributed by atoms with van der Waals surface area (Å²) in [5.74, 6) is 0.151. The average Bonchev–Trinajstić information content (AvgIpc) is 3.32. The van der Waals surface area contributed by atoms with E-state index in [1.165, 1.54) is 12.3 Å². The van der Waals surface area contributed by atoms with Gasteiger partial charge >= 0.3 is 0 Å². The quantitative estimate of drug-likeness (QED) is 0.594. The molecule has 1 amide bonds. The largest absolute Gasteiger partial charge is 0.351 e. The van der Waals surface area contributed by atoms with Gasteiger partial charge in [0, 0.05) is 11.5 Å². The van der Waals surface area contributed by atoms with E-state index in [9.17, 15) is 9.18 Å². The Bertz CT molecular complexity index is 1040. The number of carbonyl (C=O) groups is 1. The van der Waals surface area contributed by atoms with Crippen LogP contribution in [0.25, 0.3) is 10.9 Å². The molecule has 2 aromatic heterocycles. The standard InChI is InChI=1S/C19H15FN4O2/c20-11-13-5-7-14(8-6-13)12-24-16-4-2-1-3-15(16)18(23-24)22-19(25)17-9-10-21-26-17/h1-10H,11-12H2,(H,22,23,25). The van der Waals surface area contributed by atoms with E-state index in [0.29, 0.717) is 17.9 Å².